The molecule has 1 unspecified atom stereocenters. The fourth-order valence-corrected chi connectivity index (χ4v) is 2.83. The van der Waals surface area contributed by atoms with Crippen LogP contribution in [0.5, 0.6) is 0 Å². The first-order chi connectivity index (χ1) is 9.58. The Bertz CT molecular complexity index is 473. The van der Waals surface area contributed by atoms with Crippen LogP contribution in [0.15, 0.2) is 18.2 Å². The van der Waals surface area contributed by atoms with Crippen LogP contribution in [0.3, 0.4) is 0 Å². The smallest absolute Gasteiger partial charge is 0.255 e. The van der Waals surface area contributed by atoms with Crippen molar-refractivity contribution < 1.29 is 9.53 Å². The monoisotopic (exact) mass is 315 g/mol. The highest BCUT2D eigenvalue weighted by Gasteiger charge is 2.18. The van der Waals surface area contributed by atoms with E-state index in [1.165, 1.54) is 6.42 Å². The summed E-state index contributed by atoms with van der Waals surface area (Å²) in [6.45, 7) is 1.51. The third-order valence-corrected chi connectivity index (χ3v) is 4.12. The van der Waals surface area contributed by atoms with Crippen LogP contribution in [0.2, 0.25) is 10.0 Å². The van der Waals surface area contributed by atoms with Crippen molar-refractivity contribution in [3.63, 3.8) is 0 Å². The summed E-state index contributed by atoms with van der Waals surface area (Å²) in [7, 11) is 1.79. The molecule has 0 spiro atoms. The Morgan fingerprint density at radius 2 is 2.20 bits per heavy atom. The first kappa shape index (κ1) is 15.6. The van der Waals surface area contributed by atoms with Gasteiger partial charge in [-0.1, -0.05) is 23.2 Å². The predicted molar refractivity (Wildman–Crippen MR) is 81.6 cm³/mol. The zero-order valence-electron chi connectivity index (χ0n) is 11.6. The summed E-state index contributed by atoms with van der Waals surface area (Å²) >= 11 is 11.9. The number of carbonyl (C=O) groups is 1. The van der Waals surface area contributed by atoms with E-state index in [4.69, 9.17) is 27.9 Å². The van der Waals surface area contributed by atoms with Crippen LogP contribution in [0.25, 0.3) is 0 Å². The van der Waals surface area contributed by atoms with E-state index in [0.717, 1.165) is 25.9 Å². The molecule has 1 atom stereocenters. The van der Waals surface area contributed by atoms with Crippen LogP contribution in [-0.4, -0.2) is 37.1 Å². The molecule has 0 bridgehead atoms. The number of halogens is 2. The molecule has 1 heterocycles. The van der Waals surface area contributed by atoms with Crippen molar-refractivity contribution >= 4 is 29.1 Å². The highest BCUT2D eigenvalue weighted by Crippen LogP contribution is 2.22. The summed E-state index contributed by atoms with van der Waals surface area (Å²) in [6, 6.07) is 4.94. The zero-order chi connectivity index (χ0) is 14.5. The normalized spacial score (nSPS) is 18.9. The third-order valence-electron chi connectivity index (χ3n) is 3.57. The summed E-state index contributed by atoms with van der Waals surface area (Å²) in [4.78, 5) is 14.0. The molecule has 0 aromatic heterocycles. The number of ether oxygens (including phenoxy) is 1. The zero-order valence-corrected chi connectivity index (χ0v) is 13.1. The van der Waals surface area contributed by atoms with Gasteiger partial charge >= 0.3 is 0 Å². The molecule has 0 radical (unpaired) electrons. The van der Waals surface area contributed by atoms with Crippen LogP contribution in [-0.2, 0) is 4.74 Å². The van der Waals surface area contributed by atoms with Gasteiger partial charge in [0, 0.05) is 25.2 Å². The summed E-state index contributed by atoms with van der Waals surface area (Å²) in [6.07, 6.45) is 4.59. The highest BCUT2D eigenvalue weighted by atomic mass is 35.5. The van der Waals surface area contributed by atoms with E-state index < -0.39 is 0 Å². The Morgan fingerprint density at radius 3 is 2.85 bits per heavy atom. The lowest BCUT2D eigenvalue weighted by Gasteiger charge is -2.25. The van der Waals surface area contributed by atoms with Crippen LogP contribution >= 0.6 is 23.2 Å². The quantitative estimate of drug-likeness (QED) is 0.839. The average Bonchev–Trinajstić information content (AvgIpc) is 2.45. The minimum absolute atomic E-state index is 0.0810. The molecule has 3 nitrogen and oxygen atoms in total. The lowest BCUT2D eigenvalue weighted by molar-refractivity contribution is 0.00709. The van der Waals surface area contributed by atoms with Gasteiger partial charge in [-0.15, -0.1) is 0 Å². The molecular weight excluding hydrogens is 297 g/mol. The van der Waals surface area contributed by atoms with Gasteiger partial charge in [0.2, 0.25) is 0 Å². The van der Waals surface area contributed by atoms with E-state index in [-0.39, 0.29) is 12.0 Å². The molecule has 5 heteroatoms. The number of carbonyl (C=O) groups excluding carboxylic acids is 1. The van der Waals surface area contributed by atoms with Crippen LogP contribution in [0.4, 0.5) is 0 Å². The number of nitrogens with zero attached hydrogens (tertiary/aromatic N) is 1. The maximum atomic E-state index is 12.3. The Kier molecular flexibility index (Phi) is 5.70. The van der Waals surface area contributed by atoms with E-state index >= 15 is 0 Å². The second-order valence-corrected chi connectivity index (χ2v) is 5.97. The summed E-state index contributed by atoms with van der Waals surface area (Å²) in [5, 5.41) is 0.924. The Labute approximate surface area is 129 Å². The summed E-state index contributed by atoms with van der Waals surface area (Å²) in [5.41, 5.74) is 0.489. The third kappa shape index (κ3) is 4.11. The molecule has 1 fully saturated rings. The lowest BCUT2D eigenvalue weighted by atomic mass is 10.1. The number of amides is 1. The fraction of sp³-hybridized carbons (Fsp3) is 0.533. The highest BCUT2D eigenvalue weighted by molar-refractivity contribution is 6.36. The van der Waals surface area contributed by atoms with Gasteiger partial charge in [-0.05, 0) is 43.9 Å². The van der Waals surface area contributed by atoms with Gasteiger partial charge in [0.1, 0.15) is 0 Å². The van der Waals surface area contributed by atoms with E-state index in [9.17, 15) is 4.79 Å². The fourth-order valence-electron chi connectivity index (χ4n) is 2.34. The number of hydrogen-bond acceptors (Lipinski definition) is 2. The van der Waals surface area contributed by atoms with Crippen LogP contribution in [0.1, 0.15) is 36.0 Å². The van der Waals surface area contributed by atoms with E-state index in [1.807, 2.05) is 0 Å². The van der Waals surface area contributed by atoms with E-state index in [2.05, 4.69) is 0 Å². The first-order valence-corrected chi connectivity index (χ1v) is 7.65. The molecule has 0 saturated carbocycles. The minimum atomic E-state index is -0.0810. The second kappa shape index (κ2) is 7.30. The molecule has 1 aliphatic rings. The Balaban J connectivity index is 1.90. The van der Waals surface area contributed by atoms with Gasteiger partial charge in [-0.3, -0.25) is 4.79 Å². The van der Waals surface area contributed by atoms with Gasteiger partial charge in [0.05, 0.1) is 16.7 Å². The lowest BCUT2D eigenvalue weighted by Crippen LogP contribution is -2.31. The second-order valence-electron chi connectivity index (χ2n) is 5.13. The number of benzene rings is 1. The van der Waals surface area contributed by atoms with Crippen molar-refractivity contribution in [2.24, 2.45) is 0 Å². The summed E-state index contributed by atoms with van der Waals surface area (Å²) < 4.78 is 5.67. The molecule has 110 valence electrons. The maximum Gasteiger partial charge on any atom is 0.255 e. The Morgan fingerprint density at radius 1 is 1.40 bits per heavy atom. The molecule has 2 rings (SSSR count). The van der Waals surface area contributed by atoms with Crippen molar-refractivity contribution in [1.29, 1.82) is 0 Å². The van der Waals surface area contributed by atoms with E-state index in [1.54, 1.807) is 30.1 Å². The molecule has 1 aromatic rings. The number of hydrogen-bond donors (Lipinski definition) is 0. The van der Waals surface area contributed by atoms with Gasteiger partial charge in [-0.2, -0.15) is 0 Å². The predicted octanol–water partition coefficient (Wildman–Crippen LogP) is 4.02. The maximum absolute atomic E-state index is 12.3. The van der Waals surface area contributed by atoms with Crippen LogP contribution < -0.4 is 0 Å². The van der Waals surface area contributed by atoms with Crippen molar-refractivity contribution in [3.8, 4) is 0 Å². The van der Waals surface area contributed by atoms with Crippen molar-refractivity contribution in [3.05, 3.63) is 33.8 Å². The standard InChI is InChI=1S/C15H19Cl2NO2/c1-18(8-7-12-4-2-3-9-20-12)15(19)13-6-5-11(16)10-14(13)17/h5-6,10,12H,2-4,7-9H2,1H3. The van der Waals surface area contributed by atoms with E-state index in [0.29, 0.717) is 22.2 Å². The molecule has 0 N–H and O–H groups in total. The van der Waals surface area contributed by atoms with Gasteiger partial charge in [-0.25, -0.2) is 0 Å². The van der Waals surface area contributed by atoms with Gasteiger partial charge in [0.15, 0.2) is 0 Å². The average molecular weight is 316 g/mol. The van der Waals surface area contributed by atoms with Crippen LogP contribution in [0, 0.1) is 0 Å². The topological polar surface area (TPSA) is 29.5 Å². The number of rotatable bonds is 4. The SMILES string of the molecule is CN(CCC1CCCCO1)C(=O)c1ccc(Cl)cc1Cl. The molecule has 1 aliphatic heterocycles. The molecular formula is C15H19Cl2NO2. The molecule has 20 heavy (non-hydrogen) atoms. The Hall–Kier alpha value is -0.770. The first-order valence-electron chi connectivity index (χ1n) is 6.90. The summed E-state index contributed by atoms with van der Waals surface area (Å²) in [5.74, 6) is -0.0810. The van der Waals surface area contributed by atoms with Crippen molar-refractivity contribution in [1.82, 2.24) is 4.90 Å². The molecule has 1 amide bonds. The minimum Gasteiger partial charge on any atom is -0.378 e. The largest absolute Gasteiger partial charge is 0.378 e. The van der Waals surface area contributed by atoms with Crippen molar-refractivity contribution in [2.45, 2.75) is 31.8 Å². The van der Waals surface area contributed by atoms with Gasteiger partial charge < -0.3 is 9.64 Å². The molecule has 1 aromatic carbocycles. The van der Waals surface area contributed by atoms with Crippen molar-refractivity contribution in [2.75, 3.05) is 20.2 Å². The molecule has 1 saturated heterocycles. The molecule has 0 aliphatic carbocycles. The van der Waals surface area contributed by atoms with Gasteiger partial charge in [0.25, 0.3) is 5.91 Å².